The molecule has 1 aliphatic rings. The quantitative estimate of drug-likeness (QED) is 0.206. The van der Waals surface area contributed by atoms with Gasteiger partial charge in [0.2, 0.25) is 6.34 Å². The molecule has 1 rings (SSSR count). The molecule has 152 valence electrons. The Morgan fingerprint density at radius 3 is 2.12 bits per heavy atom. The molecule has 1 unspecified atom stereocenters. The molecule has 0 amide bonds. The van der Waals surface area contributed by atoms with Gasteiger partial charge in [-0.2, -0.15) is 0 Å². The van der Waals surface area contributed by atoms with Crippen LogP contribution in [0.25, 0.3) is 0 Å². The monoisotopic (exact) mass is 364 g/mol. The zero-order chi connectivity index (χ0) is 18.9. The normalized spacial score (nSPS) is 16.7. The third-order valence-corrected chi connectivity index (χ3v) is 5.85. The molecule has 0 fully saturated rings. The predicted octanol–water partition coefficient (Wildman–Crippen LogP) is 5.39. The van der Waals surface area contributed by atoms with Crippen molar-refractivity contribution in [1.82, 2.24) is 5.32 Å². The minimum absolute atomic E-state index is 0.245. The Bertz CT molecular complexity index is 389. The van der Waals surface area contributed by atoms with Crippen LogP contribution in [0.1, 0.15) is 104 Å². The number of unbranched alkanes of at least 4 members (excludes halogenated alkanes) is 10. The smallest absolute Gasteiger partial charge is 0.232 e. The van der Waals surface area contributed by atoms with Crippen molar-refractivity contribution in [3.63, 3.8) is 0 Å². The van der Waals surface area contributed by atoms with Gasteiger partial charge in [-0.05, 0) is 52.0 Å². The molecule has 1 heterocycles. The van der Waals surface area contributed by atoms with Crippen LogP contribution < -0.4 is 11.1 Å². The molecule has 1 atom stereocenters. The number of hydrogen-bond acceptors (Lipinski definition) is 2. The van der Waals surface area contributed by atoms with E-state index in [1.807, 2.05) is 0 Å². The van der Waals surface area contributed by atoms with Crippen molar-refractivity contribution >= 4 is 6.34 Å². The van der Waals surface area contributed by atoms with Gasteiger partial charge in [-0.3, -0.25) is 9.89 Å². The molecule has 0 saturated carbocycles. The number of allylic oxidation sites excluding steroid dienone is 2. The molecule has 3 nitrogen and oxygen atoms in total. The second kappa shape index (κ2) is 15.2. The lowest BCUT2D eigenvalue weighted by Gasteiger charge is -2.28. The standard InChI is InChI=1S/C23H45N3/c1-3-4-5-6-7-8-9-10-11-12-13-14-15-16-17-23(2,18-19-24)26-21-20-25-22-26/h10-11,22H,3-9,12-21,24H2,1-2H3/p+1/b11-10-. The first-order valence-corrected chi connectivity index (χ1v) is 11.4. The highest BCUT2D eigenvalue weighted by Gasteiger charge is 2.32. The summed E-state index contributed by atoms with van der Waals surface area (Å²) in [5.41, 5.74) is 6.11. The molecule has 1 aliphatic heterocycles. The summed E-state index contributed by atoms with van der Waals surface area (Å²) < 4.78 is 2.48. The highest BCUT2D eigenvalue weighted by atomic mass is 15.2. The first-order chi connectivity index (χ1) is 12.7. The zero-order valence-electron chi connectivity index (χ0n) is 17.8. The fourth-order valence-electron chi connectivity index (χ4n) is 3.97. The van der Waals surface area contributed by atoms with Gasteiger partial charge in [0.25, 0.3) is 0 Å². The summed E-state index contributed by atoms with van der Waals surface area (Å²) in [6.45, 7) is 7.65. The third-order valence-electron chi connectivity index (χ3n) is 5.85. The van der Waals surface area contributed by atoms with Gasteiger partial charge >= 0.3 is 0 Å². The number of nitrogens with zero attached hydrogens (tertiary/aromatic N) is 1. The molecule has 3 N–H and O–H groups in total. The fourth-order valence-corrected chi connectivity index (χ4v) is 3.97. The molecular formula is C23H46N3+. The Balaban J connectivity index is 1.98. The van der Waals surface area contributed by atoms with Crippen LogP contribution in [-0.4, -0.2) is 36.1 Å². The maximum absolute atomic E-state index is 5.86. The average molecular weight is 365 g/mol. The summed E-state index contributed by atoms with van der Waals surface area (Å²) in [6, 6.07) is 0. The maximum Gasteiger partial charge on any atom is 0.232 e. The summed E-state index contributed by atoms with van der Waals surface area (Å²) in [5, 5.41) is 3.34. The van der Waals surface area contributed by atoms with Gasteiger partial charge in [0.1, 0.15) is 18.6 Å². The van der Waals surface area contributed by atoms with E-state index in [2.05, 4.69) is 42.2 Å². The SMILES string of the molecule is CCCCCCCC/C=C\CCCCCCC(C)(CCN)[N+]1=CNCC1. The van der Waals surface area contributed by atoms with Crippen molar-refractivity contribution in [1.29, 1.82) is 0 Å². The van der Waals surface area contributed by atoms with E-state index >= 15 is 0 Å². The van der Waals surface area contributed by atoms with E-state index in [0.29, 0.717) is 0 Å². The first-order valence-electron chi connectivity index (χ1n) is 11.4. The summed E-state index contributed by atoms with van der Waals surface area (Å²) in [7, 11) is 0. The molecule has 0 bridgehead atoms. The Labute approximate surface area is 163 Å². The van der Waals surface area contributed by atoms with Gasteiger partial charge in [0.05, 0.1) is 0 Å². The number of nitrogens with two attached hydrogens (primary N) is 1. The van der Waals surface area contributed by atoms with Crippen molar-refractivity contribution in [2.45, 2.75) is 109 Å². The molecule has 0 aromatic rings. The molecule has 3 heteroatoms. The van der Waals surface area contributed by atoms with Crippen LogP contribution in [0.2, 0.25) is 0 Å². The van der Waals surface area contributed by atoms with Gasteiger partial charge in [-0.1, -0.05) is 64.0 Å². The summed E-state index contributed by atoms with van der Waals surface area (Å²) in [6.07, 6.45) is 25.7. The van der Waals surface area contributed by atoms with Crippen LogP contribution in [0.4, 0.5) is 0 Å². The van der Waals surface area contributed by atoms with E-state index in [-0.39, 0.29) is 5.54 Å². The van der Waals surface area contributed by atoms with E-state index in [9.17, 15) is 0 Å². The van der Waals surface area contributed by atoms with Crippen molar-refractivity contribution in [3.05, 3.63) is 12.2 Å². The van der Waals surface area contributed by atoms with Crippen molar-refractivity contribution in [2.24, 2.45) is 5.73 Å². The molecule has 26 heavy (non-hydrogen) atoms. The molecular weight excluding hydrogens is 318 g/mol. The summed E-state index contributed by atoms with van der Waals surface area (Å²) in [5.74, 6) is 0. The number of nitrogens with one attached hydrogen (secondary N) is 1. The zero-order valence-corrected chi connectivity index (χ0v) is 17.8. The average Bonchev–Trinajstić information content (AvgIpc) is 3.18. The minimum Gasteiger partial charge on any atom is -0.330 e. The predicted molar refractivity (Wildman–Crippen MR) is 116 cm³/mol. The lowest BCUT2D eigenvalue weighted by Crippen LogP contribution is -2.41. The lowest BCUT2D eigenvalue weighted by atomic mass is 9.89. The number of rotatable bonds is 17. The number of hydrogen-bond donors (Lipinski definition) is 2. The van der Waals surface area contributed by atoms with Crippen LogP contribution in [0.15, 0.2) is 12.2 Å². The van der Waals surface area contributed by atoms with Crippen LogP contribution >= 0.6 is 0 Å². The van der Waals surface area contributed by atoms with E-state index < -0.39 is 0 Å². The minimum atomic E-state index is 0.245. The Morgan fingerprint density at radius 2 is 1.54 bits per heavy atom. The van der Waals surface area contributed by atoms with Crippen molar-refractivity contribution in [2.75, 3.05) is 19.6 Å². The molecule has 0 radical (unpaired) electrons. The molecule has 0 aromatic heterocycles. The lowest BCUT2D eigenvalue weighted by molar-refractivity contribution is -0.595. The fraction of sp³-hybridized carbons (Fsp3) is 0.870. The Hall–Kier alpha value is -0.830. The maximum atomic E-state index is 5.86. The van der Waals surface area contributed by atoms with Crippen LogP contribution in [0, 0.1) is 0 Å². The Kier molecular flexibility index (Phi) is 13.6. The molecule has 0 spiro atoms. The first kappa shape index (κ1) is 23.2. The van der Waals surface area contributed by atoms with Gasteiger partial charge in [0, 0.05) is 6.42 Å². The topological polar surface area (TPSA) is 41.1 Å². The van der Waals surface area contributed by atoms with E-state index in [1.54, 1.807) is 0 Å². The van der Waals surface area contributed by atoms with E-state index in [0.717, 1.165) is 26.1 Å². The second-order valence-electron chi connectivity index (χ2n) is 8.29. The van der Waals surface area contributed by atoms with Crippen molar-refractivity contribution < 1.29 is 4.58 Å². The van der Waals surface area contributed by atoms with Gasteiger partial charge in [-0.25, -0.2) is 0 Å². The molecule has 0 saturated heterocycles. The van der Waals surface area contributed by atoms with Gasteiger partial charge in [0.15, 0.2) is 0 Å². The summed E-state index contributed by atoms with van der Waals surface area (Å²) in [4.78, 5) is 0. The summed E-state index contributed by atoms with van der Waals surface area (Å²) >= 11 is 0. The molecule has 0 aromatic carbocycles. The van der Waals surface area contributed by atoms with Crippen molar-refractivity contribution in [3.8, 4) is 0 Å². The van der Waals surface area contributed by atoms with Crippen LogP contribution in [0.3, 0.4) is 0 Å². The van der Waals surface area contributed by atoms with E-state index in [4.69, 9.17) is 5.73 Å². The molecule has 0 aliphatic carbocycles. The van der Waals surface area contributed by atoms with Crippen LogP contribution in [-0.2, 0) is 0 Å². The van der Waals surface area contributed by atoms with Gasteiger partial charge < -0.3 is 5.73 Å². The van der Waals surface area contributed by atoms with E-state index in [1.165, 1.54) is 83.5 Å². The highest BCUT2D eigenvalue weighted by molar-refractivity contribution is 5.49. The largest absolute Gasteiger partial charge is 0.330 e. The Morgan fingerprint density at radius 1 is 0.923 bits per heavy atom. The highest BCUT2D eigenvalue weighted by Crippen LogP contribution is 2.23. The third kappa shape index (κ3) is 10.4. The second-order valence-corrected chi connectivity index (χ2v) is 8.29. The van der Waals surface area contributed by atoms with Crippen LogP contribution in [0.5, 0.6) is 0 Å². The van der Waals surface area contributed by atoms with Gasteiger partial charge in [-0.15, -0.1) is 0 Å².